The van der Waals surface area contributed by atoms with Gasteiger partial charge in [0.15, 0.2) is 0 Å². The summed E-state index contributed by atoms with van der Waals surface area (Å²) in [5, 5.41) is 0. The van der Waals surface area contributed by atoms with Crippen LogP contribution in [-0.4, -0.2) is 60.7 Å². The molecule has 2 aromatic rings. The summed E-state index contributed by atoms with van der Waals surface area (Å²) in [6, 6.07) is 10.2. The largest absolute Gasteiger partial charge is 0.356 e. The average Bonchev–Trinajstić information content (AvgIpc) is 2.78. The van der Waals surface area contributed by atoms with Crippen molar-refractivity contribution in [2.75, 3.05) is 38.6 Å². The quantitative estimate of drug-likeness (QED) is 0.686. The van der Waals surface area contributed by atoms with Gasteiger partial charge in [-0.05, 0) is 44.6 Å². The number of anilines is 1. The predicted molar refractivity (Wildman–Crippen MR) is 123 cm³/mol. The van der Waals surface area contributed by atoms with Crippen molar-refractivity contribution in [1.29, 1.82) is 0 Å². The minimum absolute atomic E-state index is 0.303. The van der Waals surface area contributed by atoms with Crippen molar-refractivity contribution in [2.45, 2.75) is 51.5 Å². The van der Waals surface area contributed by atoms with E-state index < -0.39 is 10.2 Å². The summed E-state index contributed by atoms with van der Waals surface area (Å²) >= 11 is 0. The Morgan fingerprint density at radius 2 is 1.84 bits per heavy atom. The molecule has 1 saturated heterocycles. The molecule has 1 aromatic carbocycles. The van der Waals surface area contributed by atoms with E-state index in [0.29, 0.717) is 12.4 Å². The van der Waals surface area contributed by atoms with Crippen molar-refractivity contribution in [3.05, 3.63) is 53.0 Å². The van der Waals surface area contributed by atoms with Gasteiger partial charge in [0.1, 0.15) is 11.6 Å². The van der Waals surface area contributed by atoms with E-state index in [1.807, 2.05) is 13.0 Å². The smallest absolute Gasteiger partial charge is 0.282 e. The predicted octanol–water partition coefficient (Wildman–Crippen LogP) is 3.11. The molecule has 0 radical (unpaired) electrons. The Kier molecular flexibility index (Phi) is 6.60. The molecule has 1 aromatic heterocycles. The van der Waals surface area contributed by atoms with E-state index in [4.69, 9.17) is 9.97 Å². The zero-order valence-electron chi connectivity index (χ0n) is 18.8. The van der Waals surface area contributed by atoms with Crippen molar-refractivity contribution in [3.63, 3.8) is 0 Å². The first-order chi connectivity index (χ1) is 14.9. The second-order valence-electron chi connectivity index (χ2n) is 8.71. The van der Waals surface area contributed by atoms with Gasteiger partial charge in [-0.1, -0.05) is 36.8 Å². The maximum atomic E-state index is 13.0. The summed E-state index contributed by atoms with van der Waals surface area (Å²) in [6.07, 6.45) is 5.65. The highest BCUT2D eigenvalue weighted by Gasteiger charge is 2.37. The third kappa shape index (κ3) is 4.61. The van der Waals surface area contributed by atoms with Gasteiger partial charge in [-0.25, -0.2) is 9.97 Å². The Hall–Kier alpha value is -2.03. The average molecular weight is 444 g/mol. The molecule has 1 atom stereocenters. The van der Waals surface area contributed by atoms with Crippen LogP contribution in [0.25, 0.3) is 0 Å². The molecule has 8 heteroatoms. The van der Waals surface area contributed by atoms with Gasteiger partial charge >= 0.3 is 0 Å². The van der Waals surface area contributed by atoms with Gasteiger partial charge in [-0.15, -0.1) is 0 Å². The molecule has 0 bridgehead atoms. The SMILES string of the molecule is Cc1nc(C2CCCCN2S(=O)(=O)N(C)C)nc2c1CCCN2CCc1ccccc1. The highest BCUT2D eigenvalue weighted by molar-refractivity contribution is 7.86. The van der Waals surface area contributed by atoms with Crippen LogP contribution in [-0.2, 0) is 23.1 Å². The summed E-state index contributed by atoms with van der Waals surface area (Å²) in [4.78, 5) is 12.2. The van der Waals surface area contributed by atoms with Crippen LogP contribution in [0.15, 0.2) is 30.3 Å². The number of fused-ring (bicyclic) bond motifs is 1. The monoisotopic (exact) mass is 443 g/mol. The van der Waals surface area contributed by atoms with E-state index in [1.165, 1.54) is 15.4 Å². The van der Waals surface area contributed by atoms with Gasteiger partial charge in [-0.3, -0.25) is 0 Å². The standard InChI is InChI=1S/C23H33N5O2S/c1-18-20-12-9-15-27(17-14-19-10-5-4-6-11-19)23(20)25-22(24-18)21-13-7-8-16-28(21)31(29,30)26(2)3/h4-6,10-11,21H,7-9,12-17H2,1-3H3. The van der Waals surface area contributed by atoms with Crippen molar-refractivity contribution >= 4 is 16.0 Å². The molecule has 1 unspecified atom stereocenters. The fourth-order valence-corrected chi connectivity index (χ4v) is 5.93. The number of piperidine rings is 1. The number of aryl methyl sites for hydroxylation is 1. The third-order valence-electron chi connectivity index (χ3n) is 6.39. The molecule has 0 spiro atoms. The van der Waals surface area contributed by atoms with Crippen molar-refractivity contribution in [3.8, 4) is 0 Å². The number of nitrogens with zero attached hydrogens (tertiary/aromatic N) is 5. The van der Waals surface area contributed by atoms with Gasteiger partial charge in [-0.2, -0.15) is 17.0 Å². The molecule has 2 aliphatic rings. The normalized spacial score (nSPS) is 20.1. The van der Waals surface area contributed by atoms with E-state index in [-0.39, 0.29) is 6.04 Å². The van der Waals surface area contributed by atoms with Crippen molar-refractivity contribution in [2.24, 2.45) is 0 Å². The Morgan fingerprint density at radius 1 is 1.06 bits per heavy atom. The molecule has 1 fully saturated rings. The van der Waals surface area contributed by atoms with Crippen LogP contribution in [0.1, 0.15) is 54.4 Å². The fourth-order valence-electron chi connectivity index (χ4n) is 4.63. The topological polar surface area (TPSA) is 69.6 Å². The Bertz CT molecular complexity index is 1010. The molecule has 3 heterocycles. The number of hydrogen-bond acceptors (Lipinski definition) is 5. The first-order valence-corrected chi connectivity index (χ1v) is 12.6. The summed E-state index contributed by atoms with van der Waals surface area (Å²) < 4.78 is 28.8. The number of hydrogen-bond donors (Lipinski definition) is 0. The first kappa shape index (κ1) is 22.2. The van der Waals surface area contributed by atoms with Gasteiger partial charge < -0.3 is 4.90 Å². The second-order valence-corrected chi connectivity index (χ2v) is 10.8. The lowest BCUT2D eigenvalue weighted by Crippen LogP contribution is -2.45. The van der Waals surface area contributed by atoms with Gasteiger partial charge in [0, 0.05) is 45.0 Å². The second kappa shape index (κ2) is 9.22. The highest BCUT2D eigenvalue weighted by atomic mass is 32.2. The van der Waals surface area contributed by atoms with Crippen LogP contribution in [0.3, 0.4) is 0 Å². The summed E-state index contributed by atoms with van der Waals surface area (Å²) in [5.41, 5.74) is 3.51. The van der Waals surface area contributed by atoms with Crippen LogP contribution in [0, 0.1) is 6.92 Å². The molecule has 0 amide bonds. The zero-order valence-corrected chi connectivity index (χ0v) is 19.6. The lowest BCUT2D eigenvalue weighted by molar-refractivity contribution is 0.234. The summed E-state index contributed by atoms with van der Waals surface area (Å²) in [5.74, 6) is 1.64. The van der Waals surface area contributed by atoms with E-state index in [1.54, 1.807) is 18.4 Å². The third-order valence-corrected chi connectivity index (χ3v) is 8.34. The van der Waals surface area contributed by atoms with Crippen LogP contribution in [0.2, 0.25) is 0 Å². The zero-order chi connectivity index (χ0) is 22.0. The van der Waals surface area contributed by atoms with Crippen LogP contribution < -0.4 is 4.90 Å². The minimum Gasteiger partial charge on any atom is -0.356 e. The van der Waals surface area contributed by atoms with Crippen LogP contribution in [0.5, 0.6) is 0 Å². The van der Waals surface area contributed by atoms with Crippen LogP contribution >= 0.6 is 0 Å². The molecule has 0 aliphatic carbocycles. The molecule has 0 saturated carbocycles. The number of rotatable bonds is 6. The van der Waals surface area contributed by atoms with E-state index in [9.17, 15) is 8.42 Å². The van der Waals surface area contributed by atoms with E-state index in [0.717, 1.165) is 63.1 Å². The fraction of sp³-hybridized carbons (Fsp3) is 0.565. The van der Waals surface area contributed by atoms with E-state index in [2.05, 4.69) is 29.2 Å². The maximum Gasteiger partial charge on any atom is 0.282 e. The summed E-state index contributed by atoms with van der Waals surface area (Å²) in [6.45, 7) is 4.43. The van der Waals surface area contributed by atoms with Crippen molar-refractivity contribution < 1.29 is 8.42 Å². The number of benzene rings is 1. The molecular weight excluding hydrogens is 410 g/mol. The molecular formula is C23H33N5O2S. The van der Waals surface area contributed by atoms with E-state index >= 15 is 0 Å². The maximum absolute atomic E-state index is 13.0. The molecule has 0 N–H and O–H groups in total. The molecule has 4 rings (SSSR count). The lowest BCUT2D eigenvalue weighted by Gasteiger charge is -2.37. The van der Waals surface area contributed by atoms with Gasteiger partial charge in [0.2, 0.25) is 0 Å². The lowest BCUT2D eigenvalue weighted by atomic mass is 10.0. The molecule has 7 nitrogen and oxygen atoms in total. The summed E-state index contributed by atoms with van der Waals surface area (Å²) in [7, 11) is -0.341. The van der Waals surface area contributed by atoms with Gasteiger partial charge in [0.25, 0.3) is 10.2 Å². The Balaban J connectivity index is 1.65. The Morgan fingerprint density at radius 3 is 2.58 bits per heavy atom. The molecule has 31 heavy (non-hydrogen) atoms. The highest BCUT2D eigenvalue weighted by Crippen LogP contribution is 2.35. The van der Waals surface area contributed by atoms with Gasteiger partial charge in [0.05, 0.1) is 6.04 Å². The van der Waals surface area contributed by atoms with Crippen molar-refractivity contribution in [1.82, 2.24) is 18.6 Å². The molecule has 2 aliphatic heterocycles. The van der Waals surface area contributed by atoms with Crippen LogP contribution in [0.4, 0.5) is 5.82 Å². The molecule has 168 valence electrons. The minimum atomic E-state index is -3.52. The first-order valence-electron chi connectivity index (χ1n) is 11.2. The Labute approximate surface area is 186 Å². The number of aromatic nitrogens is 2.